The number of hydrogen-bond donors (Lipinski definition) is 1. The van der Waals surface area contributed by atoms with Gasteiger partial charge < -0.3 is 14.8 Å². The van der Waals surface area contributed by atoms with Crippen molar-refractivity contribution >= 4 is 44.9 Å². The normalized spacial score (nSPS) is 12.0. The molecule has 2 aromatic rings. The Labute approximate surface area is 180 Å². The molecule has 30 heavy (non-hydrogen) atoms. The highest BCUT2D eigenvalue weighted by molar-refractivity contribution is 7.92. The molecule has 0 saturated heterocycles. The molecule has 1 amide bonds. The molecule has 0 unspecified atom stereocenters. The Morgan fingerprint density at radius 3 is 2.33 bits per heavy atom. The van der Waals surface area contributed by atoms with Crippen LogP contribution < -0.4 is 14.4 Å². The predicted octanol–water partition coefficient (Wildman–Crippen LogP) is 3.32. The number of ether oxygens (including phenoxy) is 2. The number of rotatable bonds is 8. The molecule has 0 fully saturated rings. The number of benzene rings is 2. The lowest BCUT2D eigenvalue weighted by Crippen LogP contribution is -2.32. The third-order valence-corrected chi connectivity index (χ3v) is 5.82. The summed E-state index contributed by atoms with van der Waals surface area (Å²) >= 11 is 6.12. The Morgan fingerprint density at radius 1 is 1.17 bits per heavy atom. The number of carbonyl (C=O) groups excluding carboxylic acids is 2. The molecule has 10 heteroatoms. The van der Waals surface area contributed by atoms with E-state index in [-0.39, 0.29) is 16.3 Å². The van der Waals surface area contributed by atoms with Crippen molar-refractivity contribution in [1.29, 1.82) is 0 Å². The second-order valence-electron chi connectivity index (χ2n) is 6.41. The Bertz CT molecular complexity index is 1020. The van der Waals surface area contributed by atoms with Crippen molar-refractivity contribution < 1.29 is 27.5 Å². The second-order valence-corrected chi connectivity index (χ2v) is 8.84. The van der Waals surface area contributed by atoms with Gasteiger partial charge in [-0.15, -0.1) is 0 Å². The highest BCUT2D eigenvalue weighted by Gasteiger charge is 2.21. The third-order valence-electron chi connectivity index (χ3n) is 4.28. The van der Waals surface area contributed by atoms with Crippen LogP contribution in [0.4, 0.5) is 11.4 Å². The van der Waals surface area contributed by atoms with Gasteiger partial charge in [-0.2, -0.15) is 0 Å². The number of carbonyl (C=O) groups is 2. The lowest BCUT2D eigenvalue weighted by molar-refractivity contribution is -0.122. The molecular formula is C20H23ClN2O6S. The maximum atomic E-state index is 12.7. The maximum absolute atomic E-state index is 12.7. The van der Waals surface area contributed by atoms with Crippen LogP contribution in [-0.4, -0.2) is 46.8 Å². The van der Waals surface area contributed by atoms with E-state index in [2.05, 4.69) is 10.1 Å². The molecule has 162 valence electrons. The van der Waals surface area contributed by atoms with Crippen LogP contribution in [0.1, 0.15) is 23.7 Å². The number of sulfonamides is 1. The quantitative estimate of drug-likeness (QED) is 0.614. The Morgan fingerprint density at radius 2 is 1.80 bits per heavy atom. The number of nitrogens with zero attached hydrogens (tertiary/aromatic N) is 1. The maximum Gasteiger partial charge on any atom is 0.337 e. The van der Waals surface area contributed by atoms with Gasteiger partial charge in [0.05, 0.1) is 35.3 Å². The van der Waals surface area contributed by atoms with Crippen LogP contribution in [0.5, 0.6) is 5.75 Å². The zero-order chi connectivity index (χ0) is 22.5. The Hall–Kier alpha value is -2.78. The average molecular weight is 455 g/mol. The van der Waals surface area contributed by atoms with Gasteiger partial charge in [0.25, 0.3) is 5.91 Å². The summed E-state index contributed by atoms with van der Waals surface area (Å²) in [5.41, 5.74) is 0.974. The van der Waals surface area contributed by atoms with Gasteiger partial charge in [0.15, 0.2) is 6.10 Å². The Kier molecular flexibility index (Phi) is 7.69. The van der Waals surface area contributed by atoms with Crippen molar-refractivity contribution in [3.63, 3.8) is 0 Å². The molecule has 1 N–H and O–H groups in total. The molecule has 2 aromatic carbocycles. The first-order valence-electron chi connectivity index (χ1n) is 8.96. The summed E-state index contributed by atoms with van der Waals surface area (Å²) in [5, 5.41) is 2.92. The number of amides is 1. The van der Waals surface area contributed by atoms with E-state index in [0.717, 1.165) is 10.6 Å². The van der Waals surface area contributed by atoms with Crippen LogP contribution in [0.3, 0.4) is 0 Å². The monoisotopic (exact) mass is 454 g/mol. The second kappa shape index (κ2) is 9.82. The molecule has 1 atom stereocenters. The van der Waals surface area contributed by atoms with Gasteiger partial charge in [-0.3, -0.25) is 9.10 Å². The van der Waals surface area contributed by atoms with E-state index >= 15 is 0 Å². The fourth-order valence-electron chi connectivity index (χ4n) is 2.49. The number of anilines is 2. The molecule has 0 aliphatic rings. The Balaban J connectivity index is 2.13. The van der Waals surface area contributed by atoms with Gasteiger partial charge in [0, 0.05) is 7.05 Å². The van der Waals surface area contributed by atoms with Crippen LogP contribution in [0.2, 0.25) is 5.02 Å². The van der Waals surface area contributed by atoms with Crippen LogP contribution in [0.25, 0.3) is 0 Å². The standard InChI is InChI=1S/C20H23ClN2O6S/c1-5-18(29-15-9-7-14(8-10-15)23(2)30(4,26)27)19(24)22-17-12-13(20(25)28-3)6-11-16(17)21/h6-12,18H,5H2,1-4H3,(H,22,24)/t18-/m0/s1. The van der Waals surface area contributed by atoms with E-state index in [0.29, 0.717) is 17.9 Å². The minimum absolute atomic E-state index is 0.247. The number of methoxy groups -OCH3 is 1. The molecule has 0 saturated carbocycles. The minimum atomic E-state index is -3.38. The largest absolute Gasteiger partial charge is 0.481 e. The summed E-state index contributed by atoms with van der Waals surface area (Å²) in [6, 6.07) is 10.7. The van der Waals surface area contributed by atoms with Crippen LogP contribution >= 0.6 is 11.6 Å². The zero-order valence-corrected chi connectivity index (χ0v) is 18.6. The van der Waals surface area contributed by atoms with Crippen LogP contribution in [-0.2, 0) is 19.6 Å². The topological polar surface area (TPSA) is 102 Å². The van der Waals surface area contributed by atoms with Crippen molar-refractivity contribution in [3.8, 4) is 5.75 Å². The highest BCUT2D eigenvalue weighted by atomic mass is 35.5. The first-order valence-corrected chi connectivity index (χ1v) is 11.2. The first-order chi connectivity index (χ1) is 14.1. The van der Waals surface area contributed by atoms with Crippen molar-refractivity contribution in [2.75, 3.05) is 30.0 Å². The van der Waals surface area contributed by atoms with Gasteiger partial charge >= 0.3 is 5.97 Å². The molecular weight excluding hydrogens is 432 g/mol. The summed E-state index contributed by atoms with van der Waals surface area (Å²) in [6.07, 6.45) is 0.640. The molecule has 0 aliphatic heterocycles. The average Bonchev–Trinajstić information content (AvgIpc) is 2.72. The van der Waals surface area contributed by atoms with Crippen molar-refractivity contribution in [2.45, 2.75) is 19.4 Å². The summed E-state index contributed by atoms with van der Waals surface area (Å²) < 4.78 is 34.8. The van der Waals surface area contributed by atoms with Crippen LogP contribution in [0.15, 0.2) is 42.5 Å². The van der Waals surface area contributed by atoms with E-state index in [4.69, 9.17) is 16.3 Å². The van der Waals surface area contributed by atoms with Gasteiger partial charge in [-0.25, -0.2) is 13.2 Å². The molecule has 0 aliphatic carbocycles. The fraction of sp³-hybridized carbons (Fsp3) is 0.300. The zero-order valence-electron chi connectivity index (χ0n) is 17.0. The van der Waals surface area contributed by atoms with Gasteiger partial charge in [-0.1, -0.05) is 18.5 Å². The molecule has 0 radical (unpaired) electrons. The molecule has 0 bridgehead atoms. The molecule has 0 aromatic heterocycles. The fourth-order valence-corrected chi connectivity index (χ4v) is 3.16. The molecule has 8 nitrogen and oxygen atoms in total. The van der Waals surface area contributed by atoms with E-state index in [9.17, 15) is 18.0 Å². The van der Waals surface area contributed by atoms with Crippen molar-refractivity contribution in [2.24, 2.45) is 0 Å². The number of esters is 1. The van der Waals surface area contributed by atoms with E-state index < -0.39 is 28.0 Å². The number of hydrogen-bond acceptors (Lipinski definition) is 6. The van der Waals surface area contributed by atoms with Gasteiger partial charge in [-0.05, 0) is 48.9 Å². The van der Waals surface area contributed by atoms with E-state index in [1.54, 1.807) is 31.2 Å². The summed E-state index contributed by atoms with van der Waals surface area (Å²) in [5.74, 6) is -0.597. The van der Waals surface area contributed by atoms with Crippen LogP contribution in [0, 0.1) is 0 Å². The van der Waals surface area contributed by atoms with Crippen molar-refractivity contribution in [3.05, 3.63) is 53.1 Å². The van der Waals surface area contributed by atoms with E-state index in [1.807, 2.05) is 0 Å². The number of nitrogens with one attached hydrogen (secondary N) is 1. The van der Waals surface area contributed by atoms with Gasteiger partial charge in [0.2, 0.25) is 10.0 Å². The molecule has 0 spiro atoms. The minimum Gasteiger partial charge on any atom is -0.481 e. The number of halogens is 1. The molecule has 0 heterocycles. The van der Waals surface area contributed by atoms with Crippen molar-refractivity contribution in [1.82, 2.24) is 0 Å². The molecule has 2 rings (SSSR count). The lowest BCUT2D eigenvalue weighted by atomic mass is 10.2. The predicted molar refractivity (Wildman–Crippen MR) is 116 cm³/mol. The summed E-state index contributed by atoms with van der Waals surface area (Å²) in [4.78, 5) is 24.3. The highest BCUT2D eigenvalue weighted by Crippen LogP contribution is 2.25. The van der Waals surface area contributed by atoms with Gasteiger partial charge in [0.1, 0.15) is 5.75 Å². The first kappa shape index (κ1) is 23.5. The summed E-state index contributed by atoms with van der Waals surface area (Å²) in [7, 11) is -0.674. The lowest BCUT2D eigenvalue weighted by Gasteiger charge is -2.20. The SMILES string of the molecule is CC[C@H](Oc1ccc(N(C)S(C)(=O)=O)cc1)C(=O)Nc1cc(C(=O)OC)ccc1Cl. The summed E-state index contributed by atoms with van der Waals surface area (Å²) in [6.45, 7) is 1.78. The van der Waals surface area contributed by atoms with E-state index in [1.165, 1.54) is 32.4 Å². The smallest absolute Gasteiger partial charge is 0.337 e. The third kappa shape index (κ3) is 5.87.